The van der Waals surface area contributed by atoms with Crippen molar-refractivity contribution in [3.05, 3.63) is 30.0 Å². The lowest BCUT2D eigenvalue weighted by Crippen LogP contribution is -2.38. The molecule has 1 aliphatic rings. The Bertz CT molecular complexity index is 660. The number of hydrogen-bond donors (Lipinski definition) is 0. The zero-order valence-corrected chi connectivity index (χ0v) is 13.2. The van der Waals surface area contributed by atoms with Crippen LogP contribution >= 0.6 is 0 Å². The van der Waals surface area contributed by atoms with Crippen LogP contribution in [0.3, 0.4) is 0 Å². The third-order valence-electron chi connectivity index (χ3n) is 3.74. The van der Waals surface area contributed by atoms with Crippen LogP contribution in [0.15, 0.2) is 28.7 Å². The lowest BCUT2D eigenvalue weighted by atomic mass is 10.2. The maximum Gasteiger partial charge on any atom is 0.374 e. The summed E-state index contributed by atoms with van der Waals surface area (Å²) in [5, 5.41) is 0.830. The zero-order chi connectivity index (χ0) is 16.1. The molecule has 6 nitrogen and oxygen atoms in total. The highest BCUT2D eigenvalue weighted by Crippen LogP contribution is 2.24. The van der Waals surface area contributed by atoms with Crippen molar-refractivity contribution in [2.75, 3.05) is 46.1 Å². The number of carbonyl (C=O) groups excluding carboxylic acids is 1. The van der Waals surface area contributed by atoms with E-state index in [1.165, 1.54) is 0 Å². The molecule has 6 heteroatoms. The summed E-state index contributed by atoms with van der Waals surface area (Å²) < 4.78 is 21.5. The van der Waals surface area contributed by atoms with E-state index < -0.39 is 5.97 Å². The molecule has 2 aromatic rings. The van der Waals surface area contributed by atoms with Gasteiger partial charge in [0.1, 0.15) is 17.9 Å². The maximum atomic E-state index is 11.7. The number of furan rings is 1. The first-order chi connectivity index (χ1) is 11.3. The number of esters is 1. The van der Waals surface area contributed by atoms with Crippen molar-refractivity contribution in [1.82, 2.24) is 4.90 Å². The number of fused-ring (bicyclic) bond motifs is 1. The van der Waals surface area contributed by atoms with Crippen molar-refractivity contribution in [2.24, 2.45) is 0 Å². The number of rotatable bonds is 6. The Labute approximate surface area is 134 Å². The minimum absolute atomic E-state index is 0.215. The lowest BCUT2D eigenvalue weighted by molar-refractivity contribution is 0.0322. The highest BCUT2D eigenvalue weighted by atomic mass is 16.5. The first kappa shape index (κ1) is 15.8. The number of nitrogens with zero attached hydrogens (tertiary/aromatic N) is 1. The van der Waals surface area contributed by atoms with E-state index in [0.29, 0.717) is 18.8 Å². The number of morpholine rings is 1. The minimum atomic E-state index is -0.446. The molecule has 0 saturated carbocycles. The first-order valence-corrected chi connectivity index (χ1v) is 7.90. The molecule has 23 heavy (non-hydrogen) atoms. The quantitative estimate of drug-likeness (QED) is 0.762. The van der Waals surface area contributed by atoms with Crippen molar-refractivity contribution in [1.29, 1.82) is 0 Å². The van der Waals surface area contributed by atoms with Gasteiger partial charge in [0.15, 0.2) is 0 Å². The van der Waals surface area contributed by atoms with Crippen LogP contribution in [-0.2, 0) is 9.47 Å². The summed E-state index contributed by atoms with van der Waals surface area (Å²) in [5.74, 6) is 0.535. The Hall–Kier alpha value is -2.05. The summed E-state index contributed by atoms with van der Waals surface area (Å²) in [4.78, 5) is 14.0. The first-order valence-electron chi connectivity index (χ1n) is 7.90. The Morgan fingerprint density at radius 3 is 2.87 bits per heavy atom. The second-order valence-corrected chi connectivity index (χ2v) is 5.33. The number of carbonyl (C=O) groups is 1. The average Bonchev–Trinajstić information content (AvgIpc) is 2.99. The van der Waals surface area contributed by atoms with Gasteiger partial charge in [-0.05, 0) is 31.2 Å². The molecular weight excluding hydrogens is 298 g/mol. The Balaban J connectivity index is 1.59. The standard InChI is InChI=1S/C17H21NO5/c1-2-21-17(19)16-12-13-11-14(3-4-15(13)23-16)22-10-7-18-5-8-20-9-6-18/h3-4,11-12H,2,5-10H2,1H3. The van der Waals surface area contributed by atoms with Crippen LogP contribution in [-0.4, -0.2) is 56.9 Å². The number of hydrogen-bond acceptors (Lipinski definition) is 6. The van der Waals surface area contributed by atoms with E-state index in [1.807, 2.05) is 18.2 Å². The largest absolute Gasteiger partial charge is 0.492 e. The van der Waals surface area contributed by atoms with Crippen LogP contribution < -0.4 is 4.74 Å². The predicted octanol–water partition coefficient (Wildman–Crippen LogP) is 2.32. The van der Waals surface area contributed by atoms with E-state index in [-0.39, 0.29) is 5.76 Å². The summed E-state index contributed by atoms with van der Waals surface area (Å²) >= 11 is 0. The molecule has 0 spiro atoms. The summed E-state index contributed by atoms with van der Waals surface area (Å²) in [7, 11) is 0. The van der Waals surface area contributed by atoms with Gasteiger partial charge in [-0.25, -0.2) is 4.79 Å². The molecule has 0 radical (unpaired) electrons. The molecule has 0 unspecified atom stereocenters. The lowest BCUT2D eigenvalue weighted by Gasteiger charge is -2.26. The maximum absolute atomic E-state index is 11.7. The topological polar surface area (TPSA) is 61.1 Å². The molecule has 1 aromatic carbocycles. The second kappa shape index (κ2) is 7.48. The van der Waals surface area contributed by atoms with E-state index in [0.717, 1.165) is 44.0 Å². The molecule has 1 aromatic heterocycles. The fourth-order valence-electron chi connectivity index (χ4n) is 2.53. The van der Waals surface area contributed by atoms with Crippen LogP contribution in [0.2, 0.25) is 0 Å². The molecule has 1 aliphatic heterocycles. The zero-order valence-electron chi connectivity index (χ0n) is 13.2. The van der Waals surface area contributed by atoms with E-state index in [1.54, 1.807) is 13.0 Å². The summed E-state index contributed by atoms with van der Waals surface area (Å²) in [6, 6.07) is 7.21. The summed E-state index contributed by atoms with van der Waals surface area (Å²) in [6.07, 6.45) is 0. The number of benzene rings is 1. The van der Waals surface area contributed by atoms with E-state index in [9.17, 15) is 4.79 Å². The highest BCUT2D eigenvalue weighted by molar-refractivity contribution is 5.92. The summed E-state index contributed by atoms with van der Waals surface area (Å²) in [5.41, 5.74) is 0.647. The van der Waals surface area contributed by atoms with Crippen LogP contribution in [0.4, 0.5) is 0 Å². The van der Waals surface area contributed by atoms with E-state index >= 15 is 0 Å². The van der Waals surface area contributed by atoms with Gasteiger partial charge in [0.05, 0.1) is 19.8 Å². The van der Waals surface area contributed by atoms with Crippen molar-refractivity contribution in [2.45, 2.75) is 6.92 Å². The molecule has 0 bridgehead atoms. The van der Waals surface area contributed by atoms with Gasteiger partial charge in [-0.2, -0.15) is 0 Å². The Morgan fingerprint density at radius 1 is 1.26 bits per heavy atom. The molecule has 3 rings (SSSR count). The molecule has 0 N–H and O–H groups in total. The molecule has 0 aliphatic carbocycles. The molecule has 1 saturated heterocycles. The number of ether oxygens (including phenoxy) is 3. The van der Waals surface area contributed by atoms with Gasteiger partial charge in [0.25, 0.3) is 0 Å². The normalized spacial score (nSPS) is 15.7. The van der Waals surface area contributed by atoms with Crippen molar-refractivity contribution in [3.63, 3.8) is 0 Å². The van der Waals surface area contributed by atoms with Gasteiger partial charge in [0, 0.05) is 25.0 Å². The average molecular weight is 319 g/mol. The van der Waals surface area contributed by atoms with E-state index in [2.05, 4.69) is 4.90 Å². The van der Waals surface area contributed by atoms with Gasteiger partial charge in [-0.15, -0.1) is 0 Å². The Kier molecular flexibility index (Phi) is 5.15. The second-order valence-electron chi connectivity index (χ2n) is 5.33. The third kappa shape index (κ3) is 4.03. The van der Waals surface area contributed by atoms with Crippen LogP contribution in [0.1, 0.15) is 17.5 Å². The van der Waals surface area contributed by atoms with Crippen molar-refractivity contribution < 1.29 is 23.4 Å². The van der Waals surface area contributed by atoms with Gasteiger partial charge in [0.2, 0.25) is 5.76 Å². The molecule has 0 atom stereocenters. The minimum Gasteiger partial charge on any atom is -0.492 e. The van der Waals surface area contributed by atoms with Gasteiger partial charge in [-0.3, -0.25) is 4.90 Å². The van der Waals surface area contributed by atoms with Gasteiger partial charge in [-0.1, -0.05) is 0 Å². The van der Waals surface area contributed by atoms with Crippen LogP contribution in [0, 0.1) is 0 Å². The van der Waals surface area contributed by atoms with Crippen molar-refractivity contribution in [3.8, 4) is 5.75 Å². The molecule has 1 fully saturated rings. The molecular formula is C17H21NO5. The van der Waals surface area contributed by atoms with Gasteiger partial charge < -0.3 is 18.6 Å². The SMILES string of the molecule is CCOC(=O)c1cc2cc(OCCN3CCOCC3)ccc2o1. The fraction of sp³-hybridized carbons (Fsp3) is 0.471. The smallest absolute Gasteiger partial charge is 0.374 e. The van der Waals surface area contributed by atoms with Gasteiger partial charge >= 0.3 is 5.97 Å². The highest BCUT2D eigenvalue weighted by Gasteiger charge is 2.14. The van der Waals surface area contributed by atoms with E-state index in [4.69, 9.17) is 18.6 Å². The predicted molar refractivity (Wildman–Crippen MR) is 84.9 cm³/mol. The summed E-state index contributed by atoms with van der Waals surface area (Å²) in [6.45, 7) is 7.07. The molecule has 0 amide bonds. The van der Waals surface area contributed by atoms with Crippen LogP contribution in [0.25, 0.3) is 11.0 Å². The molecule has 124 valence electrons. The fourth-order valence-corrected chi connectivity index (χ4v) is 2.53. The Morgan fingerprint density at radius 2 is 2.09 bits per heavy atom. The molecule has 2 heterocycles. The van der Waals surface area contributed by atoms with Crippen LogP contribution in [0.5, 0.6) is 5.75 Å². The van der Waals surface area contributed by atoms with Crippen molar-refractivity contribution >= 4 is 16.9 Å². The third-order valence-corrected chi connectivity index (χ3v) is 3.74. The monoisotopic (exact) mass is 319 g/mol.